The zero-order valence-corrected chi connectivity index (χ0v) is 29.8. The van der Waals surface area contributed by atoms with Crippen molar-refractivity contribution in [3.8, 4) is 0 Å². The second-order valence-corrected chi connectivity index (χ2v) is 14.9. The van der Waals surface area contributed by atoms with E-state index in [-0.39, 0.29) is 41.5 Å². The van der Waals surface area contributed by atoms with Crippen LogP contribution in [0.3, 0.4) is 0 Å². The van der Waals surface area contributed by atoms with E-state index in [2.05, 4.69) is 31.3 Å². The van der Waals surface area contributed by atoms with Crippen LogP contribution in [0.2, 0.25) is 0 Å². The van der Waals surface area contributed by atoms with Gasteiger partial charge in [0.15, 0.2) is 0 Å². The molecule has 7 atom stereocenters. The maximum absolute atomic E-state index is 13.1. The first-order chi connectivity index (χ1) is 20.7. The van der Waals surface area contributed by atoms with Crippen molar-refractivity contribution in [1.29, 1.82) is 0 Å². The Morgan fingerprint density at radius 3 is 2.43 bits per heavy atom. The molecule has 1 rings (SSSR count). The number of rotatable bonds is 19. The summed E-state index contributed by atoms with van der Waals surface area (Å²) in [5.41, 5.74) is 3.00. The van der Waals surface area contributed by atoms with Gasteiger partial charge in [0.1, 0.15) is 11.9 Å². The number of ketones is 1. The number of cyclic esters (lactones) is 1. The molecule has 246 valence electrons. The van der Waals surface area contributed by atoms with Gasteiger partial charge in [0.05, 0.1) is 6.10 Å². The highest BCUT2D eigenvalue weighted by Gasteiger charge is 2.29. The molecule has 0 aromatic rings. The summed E-state index contributed by atoms with van der Waals surface area (Å²) in [6, 6.07) is 0. The standard InChI is InChI=1S/C36H55NO5S2/c1-10-43-44-19-18-37-33(38)23-27(5)22-30(8)36(41)31(9)35(40)29(7)21-25(3)13-11-12-24(2)20-26(4)14-16-32-28(6)15-17-34(39)42-32/h11,13-17,20-21,23-24,28-32,36,41H,10,12,18-19,22H2,1-9H3,(H,37,38)/t24?,28-,29+,30-,31+,32-,36?/m0/s1. The van der Waals surface area contributed by atoms with Crippen LogP contribution in [0.5, 0.6) is 0 Å². The van der Waals surface area contributed by atoms with Gasteiger partial charge < -0.3 is 15.2 Å². The second kappa shape index (κ2) is 21.4. The van der Waals surface area contributed by atoms with E-state index < -0.39 is 12.0 Å². The summed E-state index contributed by atoms with van der Waals surface area (Å²) in [4.78, 5) is 36.8. The molecule has 0 bridgehead atoms. The van der Waals surface area contributed by atoms with E-state index in [1.54, 1.807) is 34.6 Å². The van der Waals surface area contributed by atoms with Crippen LogP contribution >= 0.6 is 21.6 Å². The molecular formula is C36H55NO5S2. The van der Waals surface area contributed by atoms with Gasteiger partial charge in [-0.25, -0.2) is 4.79 Å². The minimum absolute atomic E-state index is 0.00564. The van der Waals surface area contributed by atoms with Crippen LogP contribution < -0.4 is 5.32 Å². The zero-order chi connectivity index (χ0) is 33.2. The minimum atomic E-state index is -0.794. The molecule has 0 aromatic heterocycles. The highest BCUT2D eigenvalue weighted by molar-refractivity contribution is 8.76. The number of Topliss-reactive ketones (excluding diaryl/α,β-unsaturated/α-hetero) is 1. The number of carbonyl (C=O) groups is 3. The first kappa shape index (κ1) is 39.7. The lowest BCUT2D eigenvalue weighted by Gasteiger charge is -2.25. The monoisotopic (exact) mass is 645 g/mol. The largest absolute Gasteiger partial charge is 0.454 e. The van der Waals surface area contributed by atoms with Crippen molar-refractivity contribution >= 4 is 39.2 Å². The predicted molar refractivity (Wildman–Crippen MR) is 188 cm³/mol. The number of aliphatic hydroxyl groups is 1. The highest BCUT2D eigenvalue weighted by Crippen LogP contribution is 2.24. The van der Waals surface area contributed by atoms with E-state index in [0.29, 0.717) is 18.9 Å². The number of ether oxygens (including phenoxy) is 1. The van der Waals surface area contributed by atoms with E-state index in [1.165, 1.54) is 6.08 Å². The molecule has 8 heteroatoms. The Bertz CT molecular complexity index is 1120. The molecule has 1 heterocycles. The average molecular weight is 646 g/mol. The molecule has 44 heavy (non-hydrogen) atoms. The van der Waals surface area contributed by atoms with Crippen molar-refractivity contribution in [3.05, 3.63) is 71.4 Å². The first-order valence-corrected chi connectivity index (χ1v) is 18.2. The van der Waals surface area contributed by atoms with Crippen LogP contribution in [0.4, 0.5) is 0 Å². The van der Waals surface area contributed by atoms with Gasteiger partial charge in [-0.05, 0) is 51.5 Å². The van der Waals surface area contributed by atoms with Crippen LogP contribution in [0, 0.1) is 29.6 Å². The number of aliphatic hydroxyl groups excluding tert-OH is 1. The summed E-state index contributed by atoms with van der Waals surface area (Å²) in [6.45, 7) is 18.4. The van der Waals surface area contributed by atoms with Crippen molar-refractivity contribution < 1.29 is 24.2 Å². The lowest BCUT2D eigenvalue weighted by Crippen LogP contribution is -2.34. The molecule has 0 aromatic carbocycles. The third kappa shape index (κ3) is 16.1. The van der Waals surface area contributed by atoms with Gasteiger partial charge in [0.25, 0.3) is 0 Å². The van der Waals surface area contributed by atoms with E-state index in [0.717, 1.165) is 34.6 Å². The summed E-state index contributed by atoms with van der Waals surface area (Å²) < 4.78 is 5.37. The lowest BCUT2D eigenvalue weighted by atomic mass is 9.83. The third-order valence-electron chi connectivity index (χ3n) is 7.50. The van der Waals surface area contributed by atoms with Crippen molar-refractivity contribution in [1.82, 2.24) is 5.32 Å². The lowest BCUT2D eigenvalue weighted by molar-refractivity contribution is -0.143. The van der Waals surface area contributed by atoms with E-state index in [9.17, 15) is 19.5 Å². The van der Waals surface area contributed by atoms with E-state index in [4.69, 9.17) is 4.74 Å². The molecule has 1 aliphatic heterocycles. The molecule has 0 saturated carbocycles. The SMILES string of the molecule is CCSSCCNC(=O)C=C(C)C[C@H](C)C(O)[C@H](C)C(=O)[C@H](C)C=C(C)C=CCC(C)C=C(C)C=C[C@@H]1OC(=O)C=C[C@@H]1C. The summed E-state index contributed by atoms with van der Waals surface area (Å²) in [7, 11) is 3.52. The molecule has 0 aliphatic carbocycles. The van der Waals surface area contributed by atoms with Crippen LogP contribution in [0.15, 0.2) is 71.4 Å². The van der Waals surface area contributed by atoms with Crippen LogP contribution in [-0.4, -0.2) is 53.0 Å². The highest BCUT2D eigenvalue weighted by atomic mass is 33.1. The van der Waals surface area contributed by atoms with Gasteiger partial charge in [-0.1, -0.05) is 116 Å². The van der Waals surface area contributed by atoms with Crippen molar-refractivity contribution in [2.75, 3.05) is 18.1 Å². The summed E-state index contributed by atoms with van der Waals surface area (Å²) in [5.74, 6) is 0.979. The number of allylic oxidation sites excluding steroid dienone is 8. The molecule has 2 unspecified atom stereocenters. The number of nitrogens with one attached hydrogen (secondary N) is 1. The van der Waals surface area contributed by atoms with Crippen molar-refractivity contribution in [2.45, 2.75) is 87.4 Å². The maximum Gasteiger partial charge on any atom is 0.331 e. The van der Waals surface area contributed by atoms with Crippen LogP contribution in [0.1, 0.15) is 75.2 Å². The average Bonchev–Trinajstić information content (AvgIpc) is 2.95. The fourth-order valence-electron chi connectivity index (χ4n) is 5.05. The Hall–Kier alpha value is -2.29. The zero-order valence-electron chi connectivity index (χ0n) is 28.2. The number of hydrogen-bond donors (Lipinski definition) is 2. The number of carbonyl (C=O) groups excluding carboxylic acids is 3. The van der Waals surface area contributed by atoms with E-state index >= 15 is 0 Å². The Kier molecular flexibility index (Phi) is 19.4. The molecule has 2 N–H and O–H groups in total. The fourth-order valence-corrected chi connectivity index (χ4v) is 6.62. The fraction of sp³-hybridized carbons (Fsp3) is 0.583. The summed E-state index contributed by atoms with van der Waals surface area (Å²) in [5, 5.41) is 13.8. The molecule has 6 nitrogen and oxygen atoms in total. The van der Waals surface area contributed by atoms with Gasteiger partial charge in [-0.15, -0.1) is 0 Å². The predicted octanol–water partition coefficient (Wildman–Crippen LogP) is 7.83. The van der Waals surface area contributed by atoms with Crippen LogP contribution in [0.25, 0.3) is 0 Å². The quantitative estimate of drug-likeness (QED) is 0.0486. The van der Waals surface area contributed by atoms with Crippen LogP contribution in [-0.2, 0) is 19.1 Å². The maximum atomic E-state index is 13.1. The summed E-state index contributed by atoms with van der Waals surface area (Å²) in [6.07, 6.45) is 17.6. The van der Waals surface area contributed by atoms with E-state index in [1.807, 2.05) is 71.9 Å². The topological polar surface area (TPSA) is 92.7 Å². The molecule has 0 radical (unpaired) electrons. The molecule has 0 saturated heterocycles. The second-order valence-electron chi connectivity index (χ2n) is 12.1. The number of amides is 1. The Balaban J connectivity index is 2.58. The van der Waals surface area contributed by atoms with Gasteiger partial charge in [-0.2, -0.15) is 0 Å². The van der Waals surface area contributed by atoms with Gasteiger partial charge >= 0.3 is 5.97 Å². The molecule has 0 fully saturated rings. The first-order valence-electron chi connectivity index (χ1n) is 15.8. The molecule has 1 amide bonds. The summed E-state index contributed by atoms with van der Waals surface area (Å²) >= 11 is 0. The third-order valence-corrected chi connectivity index (χ3v) is 9.98. The normalized spacial score (nSPS) is 21.7. The number of hydrogen-bond acceptors (Lipinski definition) is 7. The minimum Gasteiger partial charge on any atom is -0.454 e. The van der Waals surface area contributed by atoms with Gasteiger partial charge in [0, 0.05) is 48.0 Å². The van der Waals surface area contributed by atoms with Gasteiger partial charge in [-0.3, -0.25) is 9.59 Å². The molecular weight excluding hydrogens is 591 g/mol. The Morgan fingerprint density at radius 1 is 1.07 bits per heavy atom. The van der Waals surface area contributed by atoms with Crippen molar-refractivity contribution in [2.24, 2.45) is 29.6 Å². The Morgan fingerprint density at radius 2 is 1.75 bits per heavy atom. The van der Waals surface area contributed by atoms with Crippen molar-refractivity contribution in [3.63, 3.8) is 0 Å². The molecule has 0 spiro atoms. The number of esters is 1. The Labute approximate surface area is 274 Å². The van der Waals surface area contributed by atoms with Gasteiger partial charge in [0.2, 0.25) is 5.91 Å². The smallest absolute Gasteiger partial charge is 0.331 e. The molecule has 1 aliphatic rings.